The Morgan fingerprint density at radius 3 is 2.17 bits per heavy atom. The van der Waals surface area contributed by atoms with Crippen LogP contribution in [0.5, 0.6) is 0 Å². The van der Waals surface area contributed by atoms with E-state index in [-0.39, 0.29) is 31.6 Å². The number of hydrogen-bond donors (Lipinski definition) is 4. The first-order valence-corrected chi connectivity index (χ1v) is 7.90. The molecular weight excluding hydrogens is 330 g/mol. The van der Waals surface area contributed by atoms with Gasteiger partial charge >= 0.3 is 0 Å². The van der Waals surface area contributed by atoms with Crippen molar-refractivity contribution in [1.29, 1.82) is 0 Å². The first kappa shape index (κ1) is 22.6. The van der Waals surface area contributed by atoms with Crippen LogP contribution in [-0.4, -0.2) is 41.7 Å². The first-order chi connectivity index (χ1) is 11.2. The van der Waals surface area contributed by atoms with E-state index in [0.29, 0.717) is 5.75 Å². The number of carbonyl (C=O) groups is 4. The van der Waals surface area contributed by atoms with Gasteiger partial charge in [-0.25, -0.2) is 0 Å². The predicted molar refractivity (Wildman–Crippen MR) is 91.0 cm³/mol. The fraction of sp³-hybridized carbons (Fsp3) is 0.500. The van der Waals surface area contributed by atoms with Gasteiger partial charge in [0.2, 0.25) is 11.8 Å². The molecule has 0 spiro atoms. The van der Waals surface area contributed by atoms with Crippen LogP contribution in [0, 0.1) is 39.2 Å². The summed E-state index contributed by atoms with van der Waals surface area (Å²) in [5, 5.41) is 4.50. The maximum absolute atomic E-state index is 11.9. The molecule has 7 radical (unpaired) electrons. The van der Waals surface area contributed by atoms with Crippen LogP contribution in [0.4, 0.5) is 0 Å². The standard InChI is InChI=1S/C16H22N3O4S/c1-10(8-13(20)4-7-24)16(23)19-12(3)14(21)9-11(2)15(22)18-6-5-17/h1-3,6,10-12,24H,4-5,7-9,17H2,(H,18,22)(H,19,23). The van der Waals surface area contributed by atoms with Gasteiger partial charge in [0.25, 0.3) is 0 Å². The van der Waals surface area contributed by atoms with Crippen LogP contribution in [0.15, 0.2) is 0 Å². The molecule has 2 amide bonds. The molecular formula is C16H22N3O4S. The highest BCUT2D eigenvalue weighted by Gasteiger charge is 2.24. The summed E-state index contributed by atoms with van der Waals surface area (Å²) < 4.78 is 0. The third-order valence-electron chi connectivity index (χ3n) is 2.94. The summed E-state index contributed by atoms with van der Waals surface area (Å²) in [4.78, 5) is 46.6. The molecule has 7 nitrogen and oxygen atoms in total. The van der Waals surface area contributed by atoms with E-state index in [0.717, 1.165) is 0 Å². The molecule has 0 aromatic heterocycles. The SMILES string of the molecule is [CH]C(CC(=O)C([CH])NC(=O)C([CH])CC(=O)CCS)C(=O)N[CH]CN. The second-order valence-electron chi connectivity index (χ2n) is 5.03. The summed E-state index contributed by atoms with van der Waals surface area (Å²) in [5.74, 6) is -4.09. The van der Waals surface area contributed by atoms with E-state index in [1.165, 1.54) is 6.54 Å². The molecule has 0 saturated heterocycles. The summed E-state index contributed by atoms with van der Waals surface area (Å²) >= 11 is 3.91. The van der Waals surface area contributed by atoms with E-state index < -0.39 is 35.5 Å². The molecule has 0 aromatic rings. The molecule has 24 heavy (non-hydrogen) atoms. The second-order valence-corrected chi connectivity index (χ2v) is 5.48. The molecule has 3 unspecified atom stereocenters. The molecule has 0 bridgehead atoms. The Hall–Kier alpha value is -1.41. The maximum atomic E-state index is 11.9. The van der Waals surface area contributed by atoms with Crippen LogP contribution in [0.1, 0.15) is 19.3 Å². The van der Waals surface area contributed by atoms with Gasteiger partial charge in [-0.2, -0.15) is 12.6 Å². The van der Waals surface area contributed by atoms with Crippen molar-refractivity contribution in [2.24, 2.45) is 17.6 Å². The molecule has 0 saturated carbocycles. The maximum Gasteiger partial charge on any atom is 0.224 e. The Balaban J connectivity index is 4.36. The van der Waals surface area contributed by atoms with Gasteiger partial charge in [-0.1, -0.05) is 0 Å². The first-order valence-electron chi connectivity index (χ1n) is 7.27. The Morgan fingerprint density at radius 1 is 1.04 bits per heavy atom. The van der Waals surface area contributed by atoms with Crippen molar-refractivity contribution in [3.8, 4) is 0 Å². The number of nitrogens with two attached hydrogens (primary N) is 1. The Bertz CT molecular complexity index is 457. The lowest BCUT2D eigenvalue weighted by atomic mass is 9.98. The Labute approximate surface area is 148 Å². The van der Waals surface area contributed by atoms with Gasteiger partial charge in [0.15, 0.2) is 5.78 Å². The summed E-state index contributed by atoms with van der Waals surface area (Å²) in [5.41, 5.74) is 5.18. The van der Waals surface area contributed by atoms with Gasteiger partial charge in [-0.3, -0.25) is 19.2 Å². The minimum absolute atomic E-state index is 0.117. The average molecular weight is 352 g/mol. The molecule has 4 N–H and O–H groups in total. The summed E-state index contributed by atoms with van der Waals surface area (Å²) in [7, 11) is 0. The van der Waals surface area contributed by atoms with E-state index in [2.05, 4.69) is 23.3 Å². The van der Waals surface area contributed by atoms with E-state index >= 15 is 0 Å². The van der Waals surface area contributed by atoms with Crippen molar-refractivity contribution >= 4 is 36.0 Å². The lowest BCUT2D eigenvalue weighted by Crippen LogP contribution is -2.43. The molecule has 0 fully saturated rings. The van der Waals surface area contributed by atoms with Crippen LogP contribution in [0.3, 0.4) is 0 Å². The molecule has 0 aliphatic rings. The molecule has 0 aromatic carbocycles. The number of nitrogens with one attached hydrogen (secondary N) is 2. The fourth-order valence-corrected chi connectivity index (χ4v) is 1.86. The van der Waals surface area contributed by atoms with Crippen molar-refractivity contribution in [2.45, 2.75) is 25.3 Å². The van der Waals surface area contributed by atoms with E-state index in [1.807, 2.05) is 0 Å². The highest BCUT2D eigenvalue weighted by molar-refractivity contribution is 7.80. The zero-order valence-electron chi connectivity index (χ0n) is 13.2. The summed E-state index contributed by atoms with van der Waals surface area (Å²) in [6.07, 6.45) is -0.359. The highest BCUT2D eigenvalue weighted by Crippen LogP contribution is 2.08. The van der Waals surface area contributed by atoms with Crippen LogP contribution in [-0.2, 0) is 19.2 Å². The zero-order chi connectivity index (χ0) is 18.7. The average Bonchev–Trinajstić information content (AvgIpc) is 2.52. The number of amides is 2. The number of thiol groups is 1. The zero-order valence-corrected chi connectivity index (χ0v) is 14.1. The van der Waals surface area contributed by atoms with E-state index in [4.69, 9.17) is 26.5 Å². The highest BCUT2D eigenvalue weighted by atomic mass is 32.1. The minimum atomic E-state index is -1.37. The van der Waals surface area contributed by atoms with Gasteiger partial charge in [0.1, 0.15) is 5.78 Å². The number of ketones is 2. The largest absolute Gasteiger partial charge is 0.350 e. The molecule has 8 heteroatoms. The lowest BCUT2D eigenvalue weighted by molar-refractivity contribution is -0.131. The van der Waals surface area contributed by atoms with Gasteiger partial charge < -0.3 is 16.4 Å². The van der Waals surface area contributed by atoms with Gasteiger partial charge in [0, 0.05) is 37.6 Å². The molecule has 0 rings (SSSR count). The number of carbonyl (C=O) groups excluding carboxylic acids is 4. The predicted octanol–water partition coefficient (Wildman–Crippen LogP) is -0.688. The van der Waals surface area contributed by atoms with Crippen LogP contribution < -0.4 is 16.4 Å². The Kier molecular flexibility index (Phi) is 11.3. The third-order valence-corrected chi connectivity index (χ3v) is 3.16. The molecule has 131 valence electrons. The molecule has 3 atom stereocenters. The van der Waals surface area contributed by atoms with E-state index in [9.17, 15) is 19.2 Å². The van der Waals surface area contributed by atoms with Crippen molar-refractivity contribution in [3.05, 3.63) is 27.3 Å². The van der Waals surface area contributed by atoms with Crippen molar-refractivity contribution < 1.29 is 19.2 Å². The molecule has 0 heterocycles. The van der Waals surface area contributed by atoms with Gasteiger partial charge in [-0.15, -0.1) is 0 Å². The normalized spacial score (nSPS) is 14.4. The van der Waals surface area contributed by atoms with Gasteiger partial charge in [-0.05, 0) is 26.5 Å². The number of hydrogen-bond acceptors (Lipinski definition) is 6. The fourth-order valence-electron chi connectivity index (χ4n) is 1.61. The molecule has 0 aliphatic heterocycles. The van der Waals surface area contributed by atoms with Crippen molar-refractivity contribution in [2.75, 3.05) is 12.3 Å². The lowest BCUT2D eigenvalue weighted by Gasteiger charge is -2.17. The number of Topliss-reactive ketones (excluding diaryl/α,β-unsaturated/α-hetero) is 2. The number of rotatable bonds is 12. The smallest absolute Gasteiger partial charge is 0.224 e. The quantitative estimate of drug-likeness (QED) is 0.347. The van der Waals surface area contributed by atoms with Crippen LogP contribution in [0.2, 0.25) is 0 Å². The van der Waals surface area contributed by atoms with Crippen LogP contribution in [0.25, 0.3) is 0 Å². The summed E-state index contributed by atoms with van der Waals surface area (Å²) in [6, 6.07) is -1.37. The summed E-state index contributed by atoms with van der Waals surface area (Å²) in [6.45, 7) is 18.1. The topological polar surface area (TPSA) is 118 Å². The van der Waals surface area contributed by atoms with Crippen LogP contribution >= 0.6 is 12.6 Å². The van der Waals surface area contributed by atoms with Gasteiger partial charge in [0.05, 0.1) is 12.6 Å². The Morgan fingerprint density at radius 2 is 1.62 bits per heavy atom. The third kappa shape index (κ3) is 9.02. The molecule has 0 aliphatic carbocycles. The van der Waals surface area contributed by atoms with Crippen molar-refractivity contribution in [1.82, 2.24) is 10.6 Å². The minimum Gasteiger partial charge on any atom is -0.350 e. The van der Waals surface area contributed by atoms with Crippen molar-refractivity contribution in [3.63, 3.8) is 0 Å². The monoisotopic (exact) mass is 352 g/mol. The second kappa shape index (κ2) is 12.0. The van der Waals surface area contributed by atoms with E-state index in [1.54, 1.807) is 0 Å².